The van der Waals surface area contributed by atoms with Crippen LogP contribution >= 0.6 is 0 Å². The molecule has 0 bridgehead atoms. The number of hydrogen-bond donors (Lipinski definition) is 1. The van der Waals surface area contributed by atoms with Crippen molar-refractivity contribution in [3.63, 3.8) is 0 Å². The van der Waals surface area contributed by atoms with Crippen LogP contribution in [0.1, 0.15) is 44.6 Å². The highest BCUT2D eigenvalue weighted by Crippen LogP contribution is 2.37. The van der Waals surface area contributed by atoms with Gasteiger partial charge in [0.15, 0.2) is 0 Å². The molecule has 1 saturated heterocycles. The van der Waals surface area contributed by atoms with E-state index in [9.17, 15) is 9.59 Å². The molecule has 2 heterocycles. The molecule has 1 atom stereocenters. The highest BCUT2D eigenvalue weighted by atomic mass is 16.2. The number of carbonyl (C=O) groups excluding carboxylic acids is 2. The molecule has 0 spiro atoms. The van der Waals surface area contributed by atoms with Crippen molar-refractivity contribution in [3.05, 3.63) is 54.4 Å². The van der Waals surface area contributed by atoms with Crippen molar-refractivity contribution in [3.8, 4) is 11.1 Å². The van der Waals surface area contributed by atoms with Crippen LogP contribution in [0.5, 0.6) is 0 Å². The number of nitrogens with one attached hydrogen (secondary N) is 1. The summed E-state index contributed by atoms with van der Waals surface area (Å²) in [5, 5.41) is 3.05. The van der Waals surface area contributed by atoms with E-state index >= 15 is 0 Å². The lowest BCUT2D eigenvalue weighted by molar-refractivity contribution is -0.146. The first-order valence-electron chi connectivity index (χ1n) is 11.2. The minimum absolute atomic E-state index is 0.0721. The zero-order valence-corrected chi connectivity index (χ0v) is 17.8. The predicted molar refractivity (Wildman–Crippen MR) is 118 cm³/mol. The van der Waals surface area contributed by atoms with Gasteiger partial charge in [0, 0.05) is 37.9 Å². The van der Waals surface area contributed by atoms with Gasteiger partial charge >= 0.3 is 0 Å². The van der Waals surface area contributed by atoms with E-state index in [1.54, 1.807) is 6.20 Å². The van der Waals surface area contributed by atoms with Gasteiger partial charge in [0.05, 0.1) is 5.41 Å². The molecule has 1 aromatic heterocycles. The third-order valence-corrected chi connectivity index (χ3v) is 6.63. The van der Waals surface area contributed by atoms with Crippen molar-refractivity contribution in [1.29, 1.82) is 0 Å². The van der Waals surface area contributed by atoms with E-state index in [0.717, 1.165) is 55.3 Å². The van der Waals surface area contributed by atoms with Gasteiger partial charge in [-0.25, -0.2) is 0 Å². The largest absolute Gasteiger partial charge is 0.356 e. The van der Waals surface area contributed by atoms with E-state index in [4.69, 9.17) is 0 Å². The number of nitrogens with zero attached hydrogens (tertiary/aromatic N) is 2. The van der Waals surface area contributed by atoms with Gasteiger partial charge in [-0.05, 0) is 61.8 Å². The molecule has 1 unspecified atom stereocenters. The molecule has 0 radical (unpaired) electrons. The summed E-state index contributed by atoms with van der Waals surface area (Å²) in [7, 11) is 0. The van der Waals surface area contributed by atoms with Crippen molar-refractivity contribution < 1.29 is 9.59 Å². The standard InChI is InChI=1S/C25H31N3O2/c1-2-27-24(30)25(12-6-14-28(18-25)23(29)20-8-4-9-20)16-19-7-3-10-21(15-19)22-11-5-13-26-17-22/h3,5,7,10-11,13,15,17,20H,2,4,6,8-9,12,14,16,18H2,1H3,(H,27,30). The van der Waals surface area contributed by atoms with Gasteiger partial charge in [0.25, 0.3) is 0 Å². The van der Waals surface area contributed by atoms with Gasteiger partial charge in [-0.1, -0.05) is 36.8 Å². The lowest BCUT2D eigenvalue weighted by Crippen LogP contribution is -2.55. The number of likely N-dealkylation sites (tertiary alicyclic amines) is 1. The third kappa shape index (κ3) is 4.25. The Balaban J connectivity index is 1.59. The second-order valence-electron chi connectivity index (χ2n) is 8.75. The maximum absolute atomic E-state index is 13.2. The molecule has 4 rings (SSSR count). The molecular weight excluding hydrogens is 374 g/mol. The Hall–Kier alpha value is -2.69. The molecule has 2 amide bonds. The number of carbonyl (C=O) groups is 2. The number of piperidine rings is 1. The molecule has 2 fully saturated rings. The van der Waals surface area contributed by atoms with Crippen LogP contribution in [0.2, 0.25) is 0 Å². The van der Waals surface area contributed by atoms with Crippen molar-refractivity contribution in [2.45, 2.75) is 45.4 Å². The van der Waals surface area contributed by atoms with Crippen LogP contribution < -0.4 is 5.32 Å². The summed E-state index contributed by atoms with van der Waals surface area (Å²) in [6.45, 7) is 3.85. The minimum atomic E-state index is -0.568. The fourth-order valence-electron chi connectivity index (χ4n) is 4.78. The molecule has 2 aromatic rings. The number of amides is 2. The van der Waals surface area contributed by atoms with E-state index in [1.807, 2.05) is 36.2 Å². The predicted octanol–water partition coefficient (Wildman–Crippen LogP) is 3.84. The van der Waals surface area contributed by atoms with Gasteiger partial charge < -0.3 is 10.2 Å². The summed E-state index contributed by atoms with van der Waals surface area (Å²) < 4.78 is 0. The van der Waals surface area contributed by atoms with Crippen LogP contribution in [0.4, 0.5) is 0 Å². The summed E-state index contributed by atoms with van der Waals surface area (Å²) in [6.07, 6.45) is 9.09. The van der Waals surface area contributed by atoms with Gasteiger partial charge in [-0.2, -0.15) is 0 Å². The van der Waals surface area contributed by atoms with E-state index in [2.05, 4.69) is 28.5 Å². The normalized spacial score (nSPS) is 21.7. The maximum atomic E-state index is 13.2. The first-order chi connectivity index (χ1) is 14.6. The zero-order chi connectivity index (χ0) is 21.0. The Bertz CT molecular complexity index is 894. The van der Waals surface area contributed by atoms with Crippen LogP contribution in [0, 0.1) is 11.3 Å². The Morgan fingerprint density at radius 2 is 2.00 bits per heavy atom. The minimum Gasteiger partial charge on any atom is -0.356 e. The fourth-order valence-corrected chi connectivity index (χ4v) is 4.78. The SMILES string of the molecule is CCNC(=O)C1(Cc2cccc(-c3cccnc3)c2)CCCN(C(=O)C2CCC2)C1. The summed E-state index contributed by atoms with van der Waals surface area (Å²) in [5.74, 6) is 0.491. The molecule has 1 aliphatic carbocycles. The van der Waals surface area contributed by atoms with Crippen molar-refractivity contribution >= 4 is 11.8 Å². The molecule has 1 aromatic carbocycles. The lowest BCUT2D eigenvalue weighted by atomic mass is 9.73. The maximum Gasteiger partial charge on any atom is 0.228 e. The Morgan fingerprint density at radius 1 is 1.17 bits per heavy atom. The first-order valence-corrected chi connectivity index (χ1v) is 11.2. The van der Waals surface area contributed by atoms with Crippen molar-refractivity contribution in [2.24, 2.45) is 11.3 Å². The monoisotopic (exact) mass is 405 g/mol. The average Bonchev–Trinajstić information content (AvgIpc) is 2.74. The molecule has 1 N–H and O–H groups in total. The second kappa shape index (κ2) is 8.99. The Labute approximate surface area is 178 Å². The van der Waals surface area contributed by atoms with Crippen molar-refractivity contribution in [1.82, 2.24) is 15.2 Å². The number of aromatic nitrogens is 1. The molecule has 1 aliphatic heterocycles. The van der Waals surface area contributed by atoms with Gasteiger partial charge in [0.2, 0.25) is 11.8 Å². The molecule has 2 aliphatic rings. The van der Waals surface area contributed by atoms with Crippen molar-refractivity contribution in [2.75, 3.05) is 19.6 Å². The Kier molecular flexibility index (Phi) is 6.16. The summed E-state index contributed by atoms with van der Waals surface area (Å²) >= 11 is 0. The fraction of sp³-hybridized carbons (Fsp3) is 0.480. The highest BCUT2D eigenvalue weighted by molar-refractivity contribution is 5.85. The molecule has 158 valence electrons. The van der Waals surface area contributed by atoms with E-state index in [1.165, 1.54) is 0 Å². The van der Waals surface area contributed by atoms with E-state index < -0.39 is 5.41 Å². The molecular formula is C25H31N3O2. The van der Waals surface area contributed by atoms with Gasteiger partial charge in [-0.3, -0.25) is 14.6 Å². The zero-order valence-electron chi connectivity index (χ0n) is 17.8. The first kappa shape index (κ1) is 20.6. The molecule has 5 heteroatoms. The molecule has 5 nitrogen and oxygen atoms in total. The third-order valence-electron chi connectivity index (χ3n) is 6.63. The summed E-state index contributed by atoms with van der Waals surface area (Å²) in [4.78, 5) is 32.4. The van der Waals surface area contributed by atoms with Crippen LogP contribution in [0.25, 0.3) is 11.1 Å². The molecule has 1 saturated carbocycles. The van der Waals surface area contributed by atoms with E-state index in [0.29, 0.717) is 19.5 Å². The van der Waals surface area contributed by atoms with Crippen LogP contribution in [-0.2, 0) is 16.0 Å². The average molecular weight is 406 g/mol. The molecule has 30 heavy (non-hydrogen) atoms. The van der Waals surface area contributed by atoms with Crippen LogP contribution in [-0.4, -0.2) is 41.3 Å². The quantitative estimate of drug-likeness (QED) is 0.794. The van der Waals surface area contributed by atoms with Gasteiger partial charge in [-0.15, -0.1) is 0 Å². The summed E-state index contributed by atoms with van der Waals surface area (Å²) in [5.41, 5.74) is 2.73. The van der Waals surface area contributed by atoms with Crippen LogP contribution in [0.15, 0.2) is 48.8 Å². The van der Waals surface area contributed by atoms with Gasteiger partial charge in [0.1, 0.15) is 0 Å². The smallest absolute Gasteiger partial charge is 0.228 e. The summed E-state index contributed by atoms with van der Waals surface area (Å²) in [6, 6.07) is 12.3. The van der Waals surface area contributed by atoms with E-state index in [-0.39, 0.29) is 17.7 Å². The highest BCUT2D eigenvalue weighted by Gasteiger charge is 2.44. The number of hydrogen-bond acceptors (Lipinski definition) is 3. The number of pyridine rings is 1. The Morgan fingerprint density at radius 3 is 2.70 bits per heavy atom. The second-order valence-corrected chi connectivity index (χ2v) is 8.75. The lowest BCUT2D eigenvalue weighted by Gasteiger charge is -2.43. The number of benzene rings is 1. The topological polar surface area (TPSA) is 62.3 Å². The van der Waals surface area contributed by atoms with Crippen LogP contribution in [0.3, 0.4) is 0 Å². The number of rotatable bonds is 6.